The molecule has 6 heteroatoms. The Morgan fingerprint density at radius 1 is 1.17 bits per heavy atom. The number of nitrogens with one attached hydrogen (secondary N) is 1. The summed E-state index contributed by atoms with van der Waals surface area (Å²) < 4.78 is 38.9. The zero-order chi connectivity index (χ0) is 17.7. The molecule has 0 saturated heterocycles. The first-order valence-electron chi connectivity index (χ1n) is 7.80. The van der Waals surface area contributed by atoms with E-state index in [0.717, 1.165) is 12.1 Å². The predicted molar refractivity (Wildman–Crippen MR) is 82.0 cm³/mol. The van der Waals surface area contributed by atoms with Gasteiger partial charge in [-0.3, -0.25) is 9.59 Å². The van der Waals surface area contributed by atoms with Crippen molar-refractivity contribution >= 4 is 11.7 Å². The van der Waals surface area contributed by atoms with Crippen molar-refractivity contribution in [3.05, 3.63) is 46.7 Å². The van der Waals surface area contributed by atoms with E-state index in [9.17, 15) is 22.8 Å². The van der Waals surface area contributed by atoms with E-state index in [4.69, 9.17) is 0 Å². The van der Waals surface area contributed by atoms with Crippen molar-refractivity contribution in [2.75, 3.05) is 0 Å². The highest BCUT2D eigenvalue weighted by Crippen LogP contribution is 2.44. The molecule has 24 heavy (non-hydrogen) atoms. The van der Waals surface area contributed by atoms with Gasteiger partial charge in [0.25, 0.3) is 0 Å². The van der Waals surface area contributed by atoms with Gasteiger partial charge < -0.3 is 5.32 Å². The lowest BCUT2D eigenvalue weighted by Gasteiger charge is -2.37. The van der Waals surface area contributed by atoms with Gasteiger partial charge in [-0.2, -0.15) is 13.2 Å². The van der Waals surface area contributed by atoms with Crippen LogP contribution in [0.2, 0.25) is 0 Å². The van der Waals surface area contributed by atoms with Crippen LogP contribution in [0.3, 0.4) is 0 Å². The van der Waals surface area contributed by atoms with Gasteiger partial charge in [0.1, 0.15) is 0 Å². The molecule has 1 N–H and O–H groups in total. The Morgan fingerprint density at radius 3 is 2.54 bits per heavy atom. The van der Waals surface area contributed by atoms with Gasteiger partial charge in [0.05, 0.1) is 5.56 Å². The molecule has 0 saturated carbocycles. The van der Waals surface area contributed by atoms with Crippen molar-refractivity contribution in [1.29, 1.82) is 0 Å². The second kappa shape index (κ2) is 5.46. The Labute approximate surface area is 137 Å². The first-order chi connectivity index (χ1) is 11.1. The number of halogens is 3. The average molecular weight is 337 g/mol. The van der Waals surface area contributed by atoms with Crippen LogP contribution in [0, 0.1) is 5.41 Å². The smallest absolute Gasteiger partial charge is 0.329 e. The number of carbonyl (C=O) groups excluding carboxylic acids is 2. The fourth-order valence-electron chi connectivity index (χ4n) is 3.57. The lowest BCUT2D eigenvalue weighted by molar-refractivity contribution is -0.137. The molecular formula is C18H18F3NO2. The van der Waals surface area contributed by atoms with Gasteiger partial charge in [-0.25, -0.2) is 0 Å². The highest BCUT2D eigenvalue weighted by atomic mass is 19.4. The highest BCUT2D eigenvalue weighted by Gasteiger charge is 2.41. The minimum Gasteiger partial charge on any atom is -0.329 e. The molecule has 1 aliphatic carbocycles. The SMILES string of the molecule is CC1(C)CC(=O)C2=C(C1)NC(=O)C[C@H]2c1cccc(C(F)(F)F)c1. The number of rotatable bonds is 1. The van der Waals surface area contributed by atoms with Crippen LogP contribution in [0.4, 0.5) is 13.2 Å². The zero-order valence-corrected chi connectivity index (χ0v) is 13.5. The van der Waals surface area contributed by atoms with Crippen molar-refractivity contribution < 1.29 is 22.8 Å². The summed E-state index contributed by atoms with van der Waals surface area (Å²) in [5.41, 5.74) is 0.360. The molecule has 1 amide bonds. The molecule has 0 bridgehead atoms. The highest BCUT2D eigenvalue weighted by molar-refractivity contribution is 6.02. The standard InChI is InChI=1S/C18H18F3NO2/c1-17(2)8-13-16(14(23)9-17)12(7-15(24)22-13)10-4-3-5-11(6-10)18(19,20)21/h3-6,12H,7-9H2,1-2H3,(H,22,24)/t12-/m0/s1. The van der Waals surface area contributed by atoms with Gasteiger partial charge in [-0.1, -0.05) is 32.0 Å². The van der Waals surface area contributed by atoms with Crippen LogP contribution in [-0.2, 0) is 15.8 Å². The Morgan fingerprint density at radius 2 is 1.88 bits per heavy atom. The van der Waals surface area contributed by atoms with Gasteiger partial charge in [0.2, 0.25) is 5.91 Å². The summed E-state index contributed by atoms with van der Waals surface area (Å²) in [6, 6.07) is 4.91. The van der Waals surface area contributed by atoms with Gasteiger partial charge in [-0.05, 0) is 23.5 Å². The molecule has 1 aromatic rings. The number of ketones is 1. The van der Waals surface area contributed by atoms with Gasteiger partial charge in [-0.15, -0.1) is 0 Å². The third-order valence-corrected chi connectivity index (χ3v) is 4.56. The Kier molecular flexibility index (Phi) is 3.81. The molecule has 1 atom stereocenters. The molecule has 0 fully saturated rings. The fourth-order valence-corrected chi connectivity index (χ4v) is 3.57. The maximum absolute atomic E-state index is 13.0. The quantitative estimate of drug-likeness (QED) is 0.843. The molecule has 3 nitrogen and oxygen atoms in total. The molecule has 128 valence electrons. The average Bonchev–Trinajstić information content (AvgIpc) is 2.43. The molecule has 0 aromatic heterocycles. The molecule has 2 aliphatic rings. The topological polar surface area (TPSA) is 46.2 Å². The van der Waals surface area contributed by atoms with Gasteiger partial charge >= 0.3 is 6.18 Å². The van der Waals surface area contributed by atoms with Crippen LogP contribution in [0.5, 0.6) is 0 Å². The molecule has 1 heterocycles. The third kappa shape index (κ3) is 3.09. The summed E-state index contributed by atoms with van der Waals surface area (Å²) in [4.78, 5) is 24.6. The monoisotopic (exact) mass is 337 g/mol. The summed E-state index contributed by atoms with van der Waals surface area (Å²) in [5.74, 6) is -0.968. The van der Waals surface area contributed by atoms with Crippen LogP contribution < -0.4 is 5.32 Å². The van der Waals surface area contributed by atoms with Crippen molar-refractivity contribution in [3.8, 4) is 0 Å². The number of hydrogen-bond acceptors (Lipinski definition) is 2. The van der Waals surface area contributed by atoms with Crippen LogP contribution in [-0.4, -0.2) is 11.7 Å². The van der Waals surface area contributed by atoms with Crippen LogP contribution in [0.1, 0.15) is 50.2 Å². The molecule has 0 spiro atoms. The summed E-state index contributed by atoms with van der Waals surface area (Å²) in [6.45, 7) is 3.88. The summed E-state index contributed by atoms with van der Waals surface area (Å²) in [6.07, 6.45) is -3.60. The summed E-state index contributed by atoms with van der Waals surface area (Å²) in [7, 11) is 0. The number of benzene rings is 1. The minimum absolute atomic E-state index is 0.00763. The summed E-state index contributed by atoms with van der Waals surface area (Å²) >= 11 is 0. The Balaban J connectivity index is 2.07. The lowest BCUT2D eigenvalue weighted by Crippen LogP contribution is -2.40. The molecule has 0 radical (unpaired) electrons. The number of hydrogen-bond donors (Lipinski definition) is 1. The fraction of sp³-hybridized carbons (Fsp3) is 0.444. The predicted octanol–water partition coefficient (Wildman–Crippen LogP) is 3.95. The van der Waals surface area contributed by atoms with Crippen molar-refractivity contribution in [2.24, 2.45) is 5.41 Å². The Hall–Kier alpha value is -2.11. The van der Waals surface area contributed by atoms with E-state index in [1.54, 1.807) is 6.07 Å². The van der Waals surface area contributed by atoms with Crippen LogP contribution in [0.25, 0.3) is 0 Å². The maximum atomic E-state index is 13.0. The second-order valence-corrected chi connectivity index (χ2v) is 7.26. The third-order valence-electron chi connectivity index (χ3n) is 4.56. The number of amides is 1. The normalized spacial score (nSPS) is 23.8. The number of Topliss-reactive ketones (excluding diaryl/α,β-unsaturated/α-hetero) is 1. The molecule has 1 aromatic carbocycles. The number of carbonyl (C=O) groups is 2. The van der Waals surface area contributed by atoms with E-state index in [-0.39, 0.29) is 23.5 Å². The van der Waals surface area contributed by atoms with E-state index < -0.39 is 17.7 Å². The van der Waals surface area contributed by atoms with E-state index in [1.807, 2.05) is 13.8 Å². The minimum atomic E-state index is -4.46. The van der Waals surface area contributed by atoms with Crippen LogP contribution in [0.15, 0.2) is 35.5 Å². The van der Waals surface area contributed by atoms with Gasteiger partial charge in [0.15, 0.2) is 5.78 Å². The van der Waals surface area contributed by atoms with E-state index in [0.29, 0.717) is 29.7 Å². The van der Waals surface area contributed by atoms with Gasteiger partial charge in [0, 0.05) is 30.0 Å². The largest absolute Gasteiger partial charge is 0.416 e. The van der Waals surface area contributed by atoms with Crippen molar-refractivity contribution in [2.45, 2.75) is 45.2 Å². The first kappa shape index (κ1) is 16.7. The van der Waals surface area contributed by atoms with Crippen molar-refractivity contribution in [3.63, 3.8) is 0 Å². The lowest BCUT2D eigenvalue weighted by atomic mass is 9.70. The van der Waals surface area contributed by atoms with E-state index >= 15 is 0 Å². The molecule has 1 aliphatic heterocycles. The van der Waals surface area contributed by atoms with Crippen LogP contribution >= 0.6 is 0 Å². The molecule has 0 unspecified atom stereocenters. The van der Waals surface area contributed by atoms with E-state index in [2.05, 4.69) is 5.32 Å². The van der Waals surface area contributed by atoms with Crippen molar-refractivity contribution in [1.82, 2.24) is 5.32 Å². The first-order valence-corrected chi connectivity index (χ1v) is 7.80. The zero-order valence-electron chi connectivity index (χ0n) is 13.5. The number of alkyl halides is 3. The molecular weight excluding hydrogens is 319 g/mol. The second-order valence-electron chi connectivity index (χ2n) is 7.26. The Bertz CT molecular complexity index is 747. The maximum Gasteiger partial charge on any atom is 0.416 e. The molecule has 3 rings (SSSR count). The van der Waals surface area contributed by atoms with E-state index in [1.165, 1.54) is 6.07 Å². The summed E-state index contributed by atoms with van der Waals surface area (Å²) in [5, 5.41) is 2.75. The number of allylic oxidation sites excluding steroid dienone is 2.